The van der Waals surface area contributed by atoms with E-state index in [4.69, 9.17) is 5.11 Å². The number of allylic oxidation sites excluding steroid dienone is 1. The van der Waals surface area contributed by atoms with E-state index in [1.165, 1.54) is 6.26 Å². The number of ether oxygens (including phenoxy) is 1. The fourth-order valence-electron chi connectivity index (χ4n) is 0.551. The van der Waals surface area contributed by atoms with Gasteiger partial charge in [-0.15, -0.1) is 0 Å². The van der Waals surface area contributed by atoms with Crippen molar-refractivity contribution in [3.05, 3.63) is 12.3 Å². The van der Waals surface area contributed by atoms with Gasteiger partial charge in [0.2, 0.25) is 0 Å². The van der Waals surface area contributed by atoms with E-state index in [0.717, 1.165) is 6.42 Å². The van der Waals surface area contributed by atoms with Crippen molar-refractivity contribution in [3.63, 3.8) is 0 Å². The quantitative estimate of drug-likeness (QED) is 0.402. The Morgan fingerprint density at radius 2 is 2.15 bits per heavy atom. The molecule has 0 aliphatic rings. The third-order valence-electron chi connectivity index (χ3n) is 1.55. The molecule has 0 aromatic rings. The lowest BCUT2D eigenvalue weighted by atomic mass is 10.1. The zero-order chi connectivity index (χ0) is 10.3. The highest BCUT2D eigenvalue weighted by atomic mass is 16.5. The number of carbonyl (C=O) groups is 2. The number of carboxylic acids is 1. The molecule has 0 saturated heterocycles. The van der Waals surface area contributed by atoms with Crippen LogP contribution in [0.15, 0.2) is 12.3 Å². The predicted octanol–water partition coefficient (Wildman–Crippen LogP) is 1.56. The monoisotopic (exact) mass is 186 g/mol. The van der Waals surface area contributed by atoms with E-state index in [-0.39, 0.29) is 0 Å². The highest BCUT2D eigenvalue weighted by Gasteiger charge is 2.06. The molecule has 1 unspecified atom stereocenters. The maximum atomic E-state index is 10.7. The van der Waals surface area contributed by atoms with Gasteiger partial charge >= 0.3 is 11.9 Å². The van der Waals surface area contributed by atoms with Gasteiger partial charge in [0.15, 0.2) is 0 Å². The van der Waals surface area contributed by atoms with Gasteiger partial charge in [-0.3, -0.25) is 9.59 Å². The third-order valence-corrected chi connectivity index (χ3v) is 1.55. The Kier molecular flexibility index (Phi) is 5.59. The molecule has 1 atom stereocenters. The van der Waals surface area contributed by atoms with Gasteiger partial charge in [-0.25, -0.2) is 0 Å². The van der Waals surface area contributed by atoms with E-state index in [2.05, 4.69) is 4.74 Å². The summed E-state index contributed by atoms with van der Waals surface area (Å²) in [7, 11) is 0. The van der Waals surface area contributed by atoms with Gasteiger partial charge in [0, 0.05) is 0 Å². The minimum absolute atomic E-state index is 0.331. The lowest BCUT2D eigenvalue weighted by molar-refractivity contribution is -0.147. The largest absolute Gasteiger partial charge is 0.481 e. The summed E-state index contributed by atoms with van der Waals surface area (Å²) in [4.78, 5) is 20.7. The van der Waals surface area contributed by atoms with Gasteiger partial charge in [0.25, 0.3) is 0 Å². The molecule has 0 aliphatic carbocycles. The summed E-state index contributed by atoms with van der Waals surface area (Å²) in [6.45, 7) is 3.98. The van der Waals surface area contributed by atoms with Gasteiger partial charge in [-0.2, -0.15) is 0 Å². The SMILES string of the molecule is CCC(C)C=COC(=O)CC(=O)O. The molecule has 0 heterocycles. The van der Waals surface area contributed by atoms with Crippen molar-refractivity contribution in [2.75, 3.05) is 0 Å². The van der Waals surface area contributed by atoms with Crippen molar-refractivity contribution in [1.82, 2.24) is 0 Å². The Morgan fingerprint density at radius 1 is 1.54 bits per heavy atom. The Labute approximate surface area is 77.2 Å². The molecule has 74 valence electrons. The van der Waals surface area contributed by atoms with Gasteiger partial charge in [0.1, 0.15) is 6.42 Å². The van der Waals surface area contributed by atoms with Crippen molar-refractivity contribution >= 4 is 11.9 Å². The lowest BCUT2D eigenvalue weighted by Crippen LogP contribution is -2.07. The lowest BCUT2D eigenvalue weighted by Gasteiger charge is -1.99. The molecule has 1 N–H and O–H groups in total. The van der Waals surface area contributed by atoms with Gasteiger partial charge in [0.05, 0.1) is 6.26 Å². The molecule has 4 heteroatoms. The summed E-state index contributed by atoms with van der Waals surface area (Å²) in [5, 5.41) is 8.21. The average Bonchev–Trinajstić information content (AvgIpc) is 2.02. The molecule has 0 aromatic heterocycles. The first-order valence-electron chi connectivity index (χ1n) is 4.14. The average molecular weight is 186 g/mol. The normalized spacial score (nSPS) is 12.8. The van der Waals surface area contributed by atoms with Crippen LogP contribution in [0.3, 0.4) is 0 Å². The number of aliphatic carboxylic acids is 1. The Hall–Kier alpha value is -1.32. The van der Waals surface area contributed by atoms with Crippen molar-refractivity contribution in [3.8, 4) is 0 Å². The number of hydrogen-bond acceptors (Lipinski definition) is 3. The summed E-state index contributed by atoms with van der Waals surface area (Å²) >= 11 is 0. The number of carbonyl (C=O) groups excluding carboxylic acids is 1. The van der Waals surface area contributed by atoms with Gasteiger partial charge < -0.3 is 9.84 Å². The maximum Gasteiger partial charge on any atom is 0.321 e. The van der Waals surface area contributed by atoms with Crippen LogP contribution in [0.25, 0.3) is 0 Å². The van der Waals surface area contributed by atoms with Crippen molar-refractivity contribution in [1.29, 1.82) is 0 Å². The minimum atomic E-state index is -1.18. The summed E-state index contributed by atoms with van der Waals surface area (Å²) in [5.74, 6) is -1.59. The molecule has 13 heavy (non-hydrogen) atoms. The van der Waals surface area contributed by atoms with Crippen LogP contribution in [0.5, 0.6) is 0 Å². The first kappa shape index (κ1) is 11.7. The standard InChI is InChI=1S/C9H14O4/c1-3-7(2)4-5-13-9(12)6-8(10)11/h4-5,7H,3,6H2,1-2H3,(H,10,11). The van der Waals surface area contributed by atoms with E-state index in [9.17, 15) is 9.59 Å². The second kappa shape index (κ2) is 6.22. The van der Waals surface area contributed by atoms with E-state index in [0.29, 0.717) is 5.92 Å². The number of hydrogen-bond donors (Lipinski definition) is 1. The smallest absolute Gasteiger partial charge is 0.321 e. The summed E-state index contributed by atoms with van der Waals surface area (Å²) in [6.07, 6.45) is 3.33. The van der Waals surface area contributed by atoms with Crippen LogP contribution in [-0.2, 0) is 14.3 Å². The molecule has 0 aliphatic heterocycles. The number of esters is 1. The first-order chi connectivity index (χ1) is 6.06. The molecule has 0 spiro atoms. The van der Waals surface area contributed by atoms with E-state index < -0.39 is 18.4 Å². The third kappa shape index (κ3) is 7.05. The molecule has 0 saturated carbocycles. The van der Waals surface area contributed by atoms with Crippen LogP contribution in [-0.4, -0.2) is 17.0 Å². The number of carboxylic acid groups (broad SMARTS) is 1. The Bertz CT molecular complexity index is 208. The second-order valence-electron chi connectivity index (χ2n) is 2.77. The van der Waals surface area contributed by atoms with E-state index in [1.807, 2.05) is 13.8 Å². The fraction of sp³-hybridized carbons (Fsp3) is 0.556. The summed E-state index contributed by atoms with van der Waals surface area (Å²) < 4.78 is 4.53. The van der Waals surface area contributed by atoms with Crippen molar-refractivity contribution in [2.24, 2.45) is 5.92 Å². The predicted molar refractivity (Wildman–Crippen MR) is 46.9 cm³/mol. The Balaban J connectivity index is 3.69. The van der Waals surface area contributed by atoms with Crippen LogP contribution in [0.4, 0.5) is 0 Å². The molecule has 4 nitrogen and oxygen atoms in total. The molecule has 0 radical (unpaired) electrons. The fourth-order valence-corrected chi connectivity index (χ4v) is 0.551. The summed E-state index contributed by atoms with van der Waals surface area (Å²) in [6, 6.07) is 0. The van der Waals surface area contributed by atoms with E-state index in [1.54, 1.807) is 6.08 Å². The van der Waals surface area contributed by atoms with Crippen molar-refractivity contribution in [2.45, 2.75) is 26.7 Å². The molecule has 0 amide bonds. The van der Waals surface area contributed by atoms with Crippen LogP contribution < -0.4 is 0 Å². The van der Waals surface area contributed by atoms with Crippen LogP contribution in [0.2, 0.25) is 0 Å². The molecular formula is C9H14O4. The van der Waals surface area contributed by atoms with Crippen molar-refractivity contribution < 1.29 is 19.4 Å². The molecular weight excluding hydrogens is 172 g/mol. The van der Waals surface area contributed by atoms with E-state index >= 15 is 0 Å². The molecule has 0 rings (SSSR count). The zero-order valence-corrected chi connectivity index (χ0v) is 7.82. The Morgan fingerprint density at radius 3 is 2.62 bits per heavy atom. The molecule has 0 fully saturated rings. The zero-order valence-electron chi connectivity index (χ0n) is 7.82. The number of rotatable bonds is 5. The highest BCUT2D eigenvalue weighted by Crippen LogP contribution is 2.01. The summed E-state index contributed by atoms with van der Waals surface area (Å²) in [5.41, 5.74) is 0. The van der Waals surface area contributed by atoms with Gasteiger partial charge in [-0.05, 0) is 18.4 Å². The minimum Gasteiger partial charge on any atom is -0.481 e. The molecule has 0 bridgehead atoms. The first-order valence-corrected chi connectivity index (χ1v) is 4.14. The second-order valence-corrected chi connectivity index (χ2v) is 2.77. The van der Waals surface area contributed by atoms with Gasteiger partial charge in [-0.1, -0.05) is 13.8 Å². The highest BCUT2D eigenvalue weighted by molar-refractivity contribution is 5.90. The van der Waals surface area contributed by atoms with Crippen LogP contribution in [0, 0.1) is 5.92 Å². The topological polar surface area (TPSA) is 63.6 Å². The molecule has 0 aromatic carbocycles. The van der Waals surface area contributed by atoms with Crippen LogP contribution >= 0.6 is 0 Å². The maximum absolute atomic E-state index is 10.7. The van der Waals surface area contributed by atoms with Crippen LogP contribution in [0.1, 0.15) is 26.7 Å².